The lowest BCUT2D eigenvalue weighted by atomic mass is 10.1. The number of ether oxygens (including phenoxy) is 1. The summed E-state index contributed by atoms with van der Waals surface area (Å²) in [6, 6.07) is 9.51. The number of fused-ring (bicyclic) bond motifs is 1. The Balaban J connectivity index is 1.54. The Morgan fingerprint density at radius 3 is 2.36 bits per heavy atom. The maximum Gasteiger partial charge on any atom is 0.195 e. The number of benzene rings is 3. The molecule has 33 heavy (non-hydrogen) atoms. The Morgan fingerprint density at radius 1 is 0.848 bits per heavy atom. The van der Waals surface area contributed by atoms with Gasteiger partial charge < -0.3 is 4.74 Å². The molecule has 4 rings (SSSR count). The van der Waals surface area contributed by atoms with Crippen molar-refractivity contribution in [3.8, 4) is 29.0 Å². The van der Waals surface area contributed by atoms with Gasteiger partial charge in [-0.1, -0.05) is 31.3 Å². The first kappa shape index (κ1) is 22.3. The molecule has 0 saturated heterocycles. The third kappa shape index (κ3) is 4.96. The molecule has 1 aromatic heterocycles. The van der Waals surface area contributed by atoms with E-state index < -0.39 is 23.3 Å². The fraction of sp³-hybridized carbons (Fsp3) is 0.154. The lowest BCUT2D eigenvalue weighted by Crippen LogP contribution is -1.98. The van der Waals surface area contributed by atoms with Crippen LogP contribution in [0.3, 0.4) is 0 Å². The first-order chi connectivity index (χ1) is 16.0. The molecule has 0 saturated carbocycles. The average Bonchev–Trinajstić information content (AvgIpc) is 2.82. The van der Waals surface area contributed by atoms with Gasteiger partial charge in [0, 0.05) is 16.5 Å². The fourth-order valence-electron chi connectivity index (χ4n) is 3.15. The van der Waals surface area contributed by atoms with Crippen molar-refractivity contribution < 1.29 is 22.3 Å². The Labute approximate surface area is 188 Å². The summed E-state index contributed by atoms with van der Waals surface area (Å²) in [5, 5.41) is 0.102. The molecular formula is C26H18F4N2O. The quantitative estimate of drug-likeness (QED) is 0.152. The predicted octanol–water partition coefficient (Wildman–Crippen LogP) is 6.43. The van der Waals surface area contributed by atoms with Crippen LogP contribution in [-0.4, -0.2) is 16.6 Å². The number of aromatic nitrogens is 2. The van der Waals surface area contributed by atoms with E-state index in [1.165, 1.54) is 30.3 Å². The second-order valence-electron chi connectivity index (χ2n) is 7.31. The SMILES string of the molecule is CCCCOc1cnc(-c2ccc(C#Cc3ccc4c(F)c(F)c(F)cc4c3)c(F)c2)nc1. The van der Waals surface area contributed by atoms with Crippen LogP contribution in [-0.2, 0) is 0 Å². The second-order valence-corrected chi connectivity index (χ2v) is 7.31. The summed E-state index contributed by atoms with van der Waals surface area (Å²) < 4.78 is 60.8. The van der Waals surface area contributed by atoms with Crippen LogP contribution < -0.4 is 4.74 Å². The molecule has 0 bridgehead atoms. The molecule has 3 aromatic carbocycles. The lowest BCUT2D eigenvalue weighted by molar-refractivity contribution is 0.307. The van der Waals surface area contributed by atoms with Gasteiger partial charge in [-0.3, -0.25) is 0 Å². The number of hydrogen-bond donors (Lipinski definition) is 0. The minimum absolute atomic E-state index is 0.0586. The number of unbranched alkanes of at least 4 members (excludes halogenated alkanes) is 1. The van der Waals surface area contributed by atoms with E-state index in [9.17, 15) is 17.6 Å². The van der Waals surface area contributed by atoms with Gasteiger partial charge in [0.15, 0.2) is 29.0 Å². The van der Waals surface area contributed by atoms with Gasteiger partial charge in [0.1, 0.15) is 5.82 Å². The van der Waals surface area contributed by atoms with E-state index >= 15 is 0 Å². The van der Waals surface area contributed by atoms with Crippen LogP contribution in [0.4, 0.5) is 17.6 Å². The maximum atomic E-state index is 14.6. The summed E-state index contributed by atoms with van der Waals surface area (Å²) in [6.07, 6.45) is 5.04. The molecule has 0 amide bonds. The first-order valence-corrected chi connectivity index (χ1v) is 10.3. The molecule has 3 nitrogen and oxygen atoms in total. The highest BCUT2D eigenvalue weighted by atomic mass is 19.2. The van der Waals surface area contributed by atoms with E-state index in [-0.39, 0.29) is 16.3 Å². The molecule has 4 aromatic rings. The van der Waals surface area contributed by atoms with Crippen molar-refractivity contribution in [1.29, 1.82) is 0 Å². The van der Waals surface area contributed by atoms with Gasteiger partial charge in [0.2, 0.25) is 0 Å². The molecule has 0 aliphatic rings. The second kappa shape index (κ2) is 9.70. The van der Waals surface area contributed by atoms with E-state index in [0.29, 0.717) is 29.3 Å². The summed E-state index contributed by atoms with van der Waals surface area (Å²) >= 11 is 0. The van der Waals surface area contributed by atoms with E-state index in [0.717, 1.165) is 18.9 Å². The van der Waals surface area contributed by atoms with Crippen LogP contribution in [0.1, 0.15) is 30.9 Å². The predicted molar refractivity (Wildman–Crippen MR) is 118 cm³/mol. The van der Waals surface area contributed by atoms with Gasteiger partial charge in [-0.2, -0.15) is 0 Å². The summed E-state index contributed by atoms with van der Waals surface area (Å²) in [5.41, 5.74) is 1.02. The molecule has 0 spiro atoms. The lowest BCUT2D eigenvalue weighted by Gasteiger charge is -2.06. The summed E-state index contributed by atoms with van der Waals surface area (Å²) in [4.78, 5) is 8.43. The summed E-state index contributed by atoms with van der Waals surface area (Å²) in [7, 11) is 0. The van der Waals surface area contributed by atoms with Gasteiger partial charge in [-0.15, -0.1) is 0 Å². The fourth-order valence-corrected chi connectivity index (χ4v) is 3.15. The van der Waals surface area contributed by atoms with Crippen molar-refractivity contribution in [2.24, 2.45) is 0 Å². The van der Waals surface area contributed by atoms with Crippen molar-refractivity contribution in [3.63, 3.8) is 0 Å². The van der Waals surface area contributed by atoms with Crippen LogP contribution in [0.2, 0.25) is 0 Å². The molecule has 0 unspecified atom stereocenters. The average molecular weight is 450 g/mol. The highest BCUT2D eigenvalue weighted by molar-refractivity contribution is 5.84. The molecule has 0 fully saturated rings. The topological polar surface area (TPSA) is 35.0 Å². The van der Waals surface area contributed by atoms with Gasteiger partial charge in [-0.25, -0.2) is 27.5 Å². The zero-order valence-corrected chi connectivity index (χ0v) is 17.6. The third-order valence-corrected chi connectivity index (χ3v) is 4.94. The van der Waals surface area contributed by atoms with Crippen LogP contribution in [0.15, 0.2) is 54.9 Å². The zero-order valence-electron chi connectivity index (χ0n) is 17.6. The Morgan fingerprint density at radius 2 is 1.64 bits per heavy atom. The summed E-state index contributed by atoms with van der Waals surface area (Å²) in [6.45, 7) is 2.65. The van der Waals surface area contributed by atoms with Crippen molar-refractivity contribution in [2.75, 3.05) is 6.61 Å². The van der Waals surface area contributed by atoms with Gasteiger partial charge in [0.05, 0.1) is 24.6 Å². The van der Waals surface area contributed by atoms with Crippen LogP contribution >= 0.6 is 0 Å². The monoisotopic (exact) mass is 450 g/mol. The minimum atomic E-state index is -1.52. The standard InChI is InChI=1S/C26H18F4N2O/c1-2-3-10-33-20-14-31-26(32-15-20)18-8-7-17(22(27)12-18)6-4-16-5-9-21-19(11-16)13-23(28)25(30)24(21)29/h5,7-9,11-15H,2-3,10H2,1H3. The Hall–Kier alpha value is -3.92. The largest absolute Gasteiger partial charge is 0.490 e. The van der Waals surface area contributed by atoms with E-state index in [4.69, 9.17) is 4.74 Å². The molecule has 7 heteroatoms. The van der Waals surface area contributed by atoms with E-state index in [1.54, 1.807) is 18.5 Å². The number of nitrogens with zero attached hydrogens (tertiary/aromatic N) is 2. The minimum Gasteiger partial charge on any atom is -0.490 e. The van der Waals surface area contributed by atoms with Gasteiger partial charge in [-0.05, 0) is 48.2 Å². The molecule has 0 aliphatic carbocycles. The molecule has 0 atom stereocenters. The molecule has 1 heterocycles. The molecule has 0 radical (unpaired) electrons. The number of rotatable bonds is 5. The van der Waals surface area contributed by atoms with Gasteiger partial charge >= 0.3 is 0 Å². The van der Waals surface area contributed by atoms with Crippen molar-refractivity contribution in [3.05, 3.63) is 89.3 Å². The Bertz CT molecular complexity index is 1380. The highest BCUT2D eigenvalue weighted by Gasteiger charge is 2.13. The van der Waals surface area contributed by atoms with Crippen molar-refractivity contribution >= 4 is 10.8 Å². The number of hydrogen-bond acceptors (Lipinski definition) is 3. The van der Waals surface area contributed by atoms with E-state index in [1.807, 2.05) is 0 Å². The van der Waals surface area contributed by atoms with Crippen LogP contribution in [0.5, 0.6) is 5.75 Å². The molecule has 166 valence electrons. The smallest absolute Gasteiger partial charge is 0.195 e. The zero-order chi connectivity index (χ0) is 23.4. The molecular weight excluding hydrogens is 432 g/mol. The van der Waals surface area contributed by atoms with Crippen LogP contribution in [0, 0.1) is 35.1 Å². The first-order valence-electron chi connectivity index (χ1n) is 10.3. The normalized spacial score (nSPS) is 10.7. The molecule has 0 N–H and O–H groups in total. The van der Waals surface area contributed by atoms with Crippen LogP contribution in [0.25, 0.3) is 22.2 Å². The van der Waals surface area contributed by atoms with Crippen molar-refractivity contribution in [2.45, 2.75) is 19.8 Å². The summed E-state index contributed by atoms with van der Waals surface area (Å²) in [5.74, 6) is 1.74. The van der Waals surface area contributed by atoms with Gasteiger partial charge in [0.25, 0.3) is 0 Å². The maximum absolute atomic E-state index is 14.6. The third-order valence-electron chi connectivity index (χ3n) is 4.94. The van der Waals surface area contributed by atoms with E-state index in [2.05, 4.69) is 28.7 Å². The highest BCUT2D eigenvalue weighted by Crippen LogP contribution is 2.24. The number of halogens is 4. The Kier molecular flexibility index (Phi) is 6.55. The van der Waals surface area contributed by atoms with Crippen molar-refractivity contribution in [1.82, 2.24) is 9.97 Å². The molecule has 0 aliphatic heterocycles.